The monoisotopic (exact) mass is 820 g/mol. The summed E-state index contributed by atoms with van der Waals surface area (Å²) in [5.41, 5.74) is 0. The molecule has 7 N–H and O–H groups in total. The Kier molecular flexibility index (Phi) is 35.1. The number of nitrogens with one attached hydrogen (secondary N) is 1. The maximum absolute atomic E-state index is 13.0. The first-order valence-corrected chi connectivity index (χ1v) is 23.1. The van der Waals surface area contributed by atoms with Crippen LogP contribution in [0.1, 0.15) is 174 Å². The third-order valence-electron chi connectivity index (χ3n) is 10.7. The number of aliphatic hydroxyl groups is 6. The van der Waals surface area contributed by atoms with Gasteiger partial charge in [0.1, 0.15) is 30.5 Å². The average Bonchev–Trinajstić information content (AvgIpc) is 3.22. The number of aliphatic hydroxyl groups excluding tert-OH is 6. The molecule has 1 amide bonds. The highest BCUT2D eigenvalue weighted by Gasteiger charge is 2.44. The highest BCUT2D eigenvalue weighted by molar-refractivity contribution is 5.80. The van der Waals surface area contributed by atoms with Crippen molar-refractivity contribution in [2.45, 2.75) is 223 Å². The largest absolute Gasteiger partial charge is 0.394 e. The van der Waals surface area contributed by atoms with Crippen LogP contribution in [0.4, 0.5) is 0 Å². The van der Waals surface area contributed by atoms with Crippen molar-refractivity contribution in [3.63, 3.8) is 0 Å². The van der Waals surface area contributed by atoms with Crippen molar-refractivity contribution in [3.05, 3.63) is 60.8 Å². The lowest BCUT2D eigenvalue weighted by molar-refractivity contribution is -0.302. The average molecular weight is 820 g/mol. The highest BCUT2D eigenvalue weighted by atomic mass is 16.7. The van der Waals surface area contributed by atoms with E-state index in [1.165, 1.54) is 83.5 Å². The van der Waals surface area contributed by atoms with Gasteiger partial charge in [0.2, 0.25) is 5.91 Å². The van der Waals surface area contributed by atoms with Crippen molar-refractivity contribution in [1.29, 1.82) is 0 Å². The van der Waals surface area contributed by atoms with Gasteiger partial charge in [-0.25, -0.2) is 0 Å². The van der Waals surface area contributed by atoms with Crippen molar-refractivity contribution >= 4 is 5.91 Å². The van der Waals surface area contributed by atoms with E-state index < -0.39 is 61.5 Å². The molecule has 8 unspecified atom stereocenters. The normalized spacial score (nSPS) is 22.0. The topological polar surface area (TPSA) is 169 Å². The number of ether oxygens (including phenoxy) is 2. The molecule has 10 heteroatoms. The van der Waals surface area contributed by atoms with E-state index in [0.29, 0.717) is 19.3 Å². The fraction of sp³-hybridized carbons (Fsp3) is 0.771. The molecule has 0 aromatic heterocycles. The molecule has 58 heavy (non-hydrogen) atoms. The SMILES string of the molecule is CC/C=C\C/C=C\CCCCCCCCCCCCCCCC(O)C(=O)NC(COC1OC(CO)C(O)C(O)C1O)C(O)/C=C/CC/C=C/CC/C=C/CCCCC. The molecule has 0 saturated carbocycles. The molecule has 0 aliphatic carbocycles. The van der Waals surface area contributed by atoms with Crippen LogP contribution in [-0.4, -0.2) is 98.7 Å². The Morgan fingerprint density at radius 1 is 0.621 bits per heavy atom. The Morgan fingerprint density at radius 2 is 1.12 bits per heavy atom. The Bertz CT molecular complexity index is 1110. The lowest BCUT2D eigenvalue weighted by Gasteiger charge is -2.40. The molecule has 1 rings (SSSR count). The minimum absolute atomic E-state index is 0.297. The van der Waals surface area contributed by atoms with E-state index in [0.717, 1.165) is 57.8 Å². The van der Waals surface area contributed by atoms with E-state index in [-0.39, 0.29) is 6.61 Å². The van der Waals surface area contributed by atoms with Crippen LogP contribution in [0.2, 0.25) is 0 Å². The molecular weight excluding hydrogens is 735 g/mol. The summed E-state index contributed by atoms with van der Waals surface area (Å²) in [7, 11) is 0. The van der Waals surface area contributed by atoms with Gasteiger partial charge in [0.05, 0.1) is 25.4 Å². The van der Waals surface area contributed by atoms with Crippen molar-refractivity contribution in [1.82, 2.24) is 5.32 Å². The molecule has 336 valence electrons. The van der Waals surface area contributed by atoms with Crippen LogP contribution in [-0.2, 0) is 14.3 Å². The van der Waals surface area contributed by atoms with E-state index in [4.69, 9.17) is 9.47 Å². The molecular formula is C48H85NO9. The molecule has 1 aliphatic heterocycles. The predicted molar refractivity (Wildman–Crippen MR) is 236 cm³/mol. The van der Waals surface area contributed by atoms with Gasteiger partial charge in [0.25, 0.3) is 0 Å². The highest BCUT2D eigenvalue weighted by Crippen LogP contribution is 2.22. The lowest BCUT2D eigenvalue weighted by atomic mass is 9.99. The smallest absolute Gasteiger partial charge is 0.249 e. The third kappa shape index (κ3) is 27.6. The maximum Gasteiger partial charge on any atom is 0.249 e. The number of unbranched alkanes of at least 4 members (excludes halogenated alkanes) is 18. The van der Waals surface area contributed by atoms with E-state index in [9.17, 15) is 35.4 Å². The van der Waals surface area contributed by atoms with Gasteiger partial charge in [-0.3, -0.25) is 4.79 Å². The zero-order chi connectivity index (χ0) is 42.5. The van der Waals surface area contributed by atoms with Crippen molar-refractivity contribution < 1.29 is 44.9 Å². The summed E-state index contributed by atoms with van der Waals surface area (Å²) in [6.45, 7) is 3.43. The molecule has 0 spiro atoms. The van der Waals surface area contributed by atoms with Crippen LogP contribution in [0.5, 0.6) is 0 Å². The van der Waals surface area contributed by atoms with Crippen LogP contribution in [0.15, 0.2) is 60.8 Å². The summed E-state index contributed by atoms with van der Waals surface area (Å²) < 4.78 is 11.1. The first-order chi connectivity index (χ1) is 28.3. The number of allylic oxidation sites excluding steroid dienone is 9. The van der Waals surface area contributed by atoms with Crippen LogP contribution in [0.25, 0.3) is 0 Å². The first-order valence-electron chi connectivity index (χ1n) is 23.1. The molecule has 1 fully saturated rings. The lowest BCUT2D eigenvalue weighted by Crippen LogP contribution is -2.60. The molecule has 0 aromatic carbocycles. The summed E-state index contributed by atoms with van der Waals surface area (Å²) in [6, 6.07) is -1.00. The molecule has 0 bridgehead atoms. The van der Waals surface area contributed by atoms with Crippen molar-refractivity contribution in [2.75, 3.05) is 13.2 Å². The Morgan fingerprint density at radius 3 is 1.69 bits per heavy atom. The first kappa shape index (κ1) is 53.9. The minimum atomic E-state index is -1.62. The van der Waals surface area contributed by atoms with Gasteiger partial charge in [0, 0.05) is 0 Å². The van der Waals surface area contributed by atoms with Crippen molar-refractivity contribution in [2.24, 2.45) is 0 Å². The standard InChI is InChI=1S/C48H85NO9/c1-3-5-7-9-11-13-15-17-18-19-20-21-22-23-25-27-29-31-33-35-37-42(52)47(56)49-40(39-57-48-46(55)45(54)44(53)43(38-50)58-48)41(51)36-34-32-30-28-26-24-16-14-12-10-8-6-4-2/h5,7,11-14,26,28,34,36,40-46,48,50-55H,3-4,6,8-10,15-25,27,29-33,35,37-39H2,1-2H3,(H,49,56)/b7-5-,13-11-,14-12+,28-26+,36-34+. The van der Waals surface area contributed by atoms with E-state index >= 15 is 0 Å². The third-order valence-corrected chi connectivity index (χ3v) is 10.7. The Labute approximate surface area is 352 Å². The molecule has 1 heterocycles. The fourth-order valence-electron chi connectivity index (χ4n) is 6.88. The Hall–Kier alpha value is -2.15. The van der Waals surface area contributed by atoms with Gasteiger partial charge in [-0.05, 0) is 70.6 Å². The fourth-order valence-corrected chi connectivity index (χ4v) is 6.88. The van der Waals surface area contributed by atoms with Crippen LogP contribution >= 0.6 is 0 Å². The second-order valence-corrected chi connectivity index (χ2v) is 15.9. The molecule has 10 nitrogen and oxygen atoms in total. The van der Waals surface area contributed by atoms with Crippen molar-refractivity contribution in [3.8, 4) is 0 Å². The minimum Gasteiger partial charge on any atom is -0.394 e. The summed E-state index contributed by atoms with van der Waals surface area (Å²) in [4.78, 5) is 13.0. The quantitative estimate of drug-likeness (QED) is 0.0240. The zero-order valence-electron chi connectivity index (χ0n) is 36.4. The van der Waals surface area contributed by atoms with Gasteiger partial charge < -0.3 is 45.4 Å². The molecule has 0 radical (unpaired) electrons. The maximum atomic E-state index is 13.0. The second kappa shape index (κ2) is 37.8. The van der Waals surface area contributed by atoms with Gasteiger partial charge in [-0.2, -0.15) is 0 Å². The Balaban J connectivity index is 2.40. The summed E-state index contributed by atoms with van der Waals surface area (Å²) in [5, 5.41) is 64.6. The number of hydrogen-bond acceptors (Lipinski definition) is 9. The van der Waals surface area contributed by atoms with E-state index in [1.54, 1.807) is 6.08 Å². The number of carbonyl (C=O) groups is 1. The van der Waals surface area contributed by atoms with Crippen LogP contribution in [0, 0.1) is 0 Å². The van der Waals surface area contributed by atoms with Crippen LogP contribution in [0.3, 0.4) is 0 Å². The van der Waals surface area contributed by atoms with Crippen LogP contribution < -0.4 is 5.32 Å². The number of carbonyl (C=O) groups excluding carboxylic acids is 1. The van der Waals surface area contributed by atoms with Gasteiger partial charge >= 0.3 is 0 Å². The molecule has 0 aromatic rings. The van der Waals surface area contributed by atoms with Gasteiger partial charge in [-0.15, -0.1) is 0 Å². The van der Waals surface area contributed by atoms with Gasteiger partial charge in [-0.1, -0.05) is 164 Å². The van der Waals surface area contributed by atoms with E-state index in [1.807, 2.05) is 6.08 Å². The van der Waals surface area contributed by atoms with Gasteiger partial charge in [0.15, 0.2) is 6.29 Å². The zero-order valence-corrected chi connectivity index (χ0v) is 36.4. The molecule has 1 aliphatic rings. The number of hydrogen-bond donors (Lipinski definition) is 7. The molecule has 1 saturated heterocycles. The predicted octanol–water partition coefficient (Wildman–Crippen LogP) is 8.58. The number of rotatable bonds is 37. The summed E-state index contributed by atoms with van der Waals surface area (Å²) in [6.07, 6.45) is 38.8. The summed E-state index contributed by atoms with van der Waals surface area (Å²) >= 11 is 0. The summed E-state index contributed by atoms with van der Waals surface area (Å²) in [5.74, 6) is -0.635. The number of amides is 1. The van der Waals surface area contributed by atoms with E-state index in [2.05, 4.69) is 67.8 Å². The second-order valence-electron chi connectivity index (χ2n) is 15.9. The molecule has 8 atom stereocenters.